The molecular formula is C18H21FN2OS. The van der Waals surface area contributed by atoms with Gasteiger partial charge in [0.05, 0.1) is 4.88 Å². The minimum absolute atomic E-state index is 0.145. The second kappa shape index (κ2) is 7.23. The van der Waals surface area contributed by atoms with Gasteiger partial charge in [0, 0.05) is 37.6 Å². The van der Waals surface area contributed by atoms with Crippen molar-refractivity contribution >= 4 is 17.2 Å². The van der Waals surface area contributed by atoms with Gasteiger partial charge in [-0.25, -0.2) is 4.39 Å². The van der Waals surface area contributed by atoms with E-state index in [4.69, 9.17) is 0 Å². The summed E-state index contributed by atoms with van der Waals surface area (Å²) < 4.78 is 13.0. The highest BCUT2D eigenvalue weighted by molar-refractivity contribution is 7.13. The monoisotopic (exact) mass is 332 g/mol. The van der Waals surface area contributed by atoms with Crippen LogP contribution in [0.1, 0.15) is 26.5 Å². The van der Waals surface area contributed by atoms with Crippen LogP contribution in [0.2, 0.25) is 0 Å². The molecule has 1 aromatic heterocycles. The third-order valence-electron chi connectivity index (χ3n) is 4.15. The van der Waals surface area contributed by atoms with Gasteiger partial charge in [-0.2, -0.15) is 0 Å². The molecule has 2 aromatic rings. The first-order valence-electron chi connectivity index (χ1n) is 7.94. The third kappa shape index (κ3) is 4.18. The first-order chi connectivity index (χ1) is 11.1. The van der Waals surface area contributed by atoms with E-state index in [-0.39, 0.29) is 11.7 Å². The van der Waals surface area contributed by atoms with E-state index in [1.165, 1.54) is 17.0 Å². The first-order valence-corrected chi connectivity index (χ1v) is 8.76. The zero-order valence-corrected chi connectivity index (χ0v) is 14.1. The second-order valence-electron chi connectivity index (χ2n) is 5.96. The van der Waals surface area contributed by atoms with Gasteiger partial charge in [-0.15, -0.1) is 11.3 Å². The smallest absolute Gasteiger partial charge is 0.263 e. The summed E-state index contributed by atoms with van der Waals surface area (Å²) in [5, 5.41) is 0. The van der Waals surface area contributed by atoms with Gasteiger partial charge >= 0.3 is 0 Å². The fraction of sp³-hybridized carbons (Fsp3) is 0.389. The van der Waals surface area contributed by atoms with Crippen LogP contribution in [0.15, 0.2) is 36.4 Å². The molecule has 0 spiro atoms. The number of benzene rings is 1. The lowest BCUT2D eigenvalue weighted by Gasteiger charge is -2.21. The Kier molecular flexibility index (Phi) is 5.08. The van der Waals surface area contributed by atoms with E-state index in [1.807, 2.05) is 36.1 Å². The van der Waals surface area contributed by atoms with Crippen molar-refractivity contribution in [3.63, 3.8) is 0 Å². The maximum atomic E-state index is 13.0. The van der Waals surface area contributed by atoms with Gasteiger partial charge < -0.3 is 4.90 Å². The normalized spacial score (nSPS) is 16.3. The van der Waals surface area contributed by atoms with Crippen molar-refractivity contribution in [3.8, 4) is 0 Å². The Hall–Kier alpha value is -1.72. The lowest BCUT2D eigenvalue weighted by Crippen LogP contribution is -2.34. The Bertz CT molecular complexity index is 668. The predicted molar refractivity (Wildman–Crippen MR) is 91.3 cm³/mol. The van der Waals surface area contributed by atoms with E-state index in [1.54, 1.807) is 11.3 Å². The molecule has 0 unspecified atom stereocenters. The van der Waals surface area contributed by atoms with Crippen molar-refractivity contribution in [2.24, 2.45) is 0 Å². The summed E-state index contributed by atoms with van der Waals surface area (Å²) >= 11 is 1.56. The molecule has 0 atom stereocenters. The molecule has 1 fully saturated rings. The molecule has 1 aliphatic rings. The SMILES string of the molecule is Cc1ccc(C(=O)N2CCCN(Cc3ccc(F)cc3)CC2)s1. The molecule has 0 aliphatic carbocycles. The molecule has 122 valence electrons. The maximum absolute atomic E-state index is 13.0. The van der Waals surface area contributed by atoms with Crippen LogP contribution in [0.4, 0.5) is 4.39 Å². The number of thiophene rings is 1. The van der Waals surface area contributed by atoms with Crippen molar-refractivity contribution < 1.29 is 9.18 Å². The third-order valence-corrected chi connectivity index (χ3v) is 5.13. The Labute approximate surface area is 140 Å². The molecule has 0 bridgehead atoms. The molecule has 0 N–H and O–H groups in total. The molecule has 3 nitrogen and oxygen atoms in total. The molecule has 1 amide bonds. The first kappa shape index (κ1) is 16.1. The average Bonchev–Trinajstić information content (AvgIpc) is 2.84. The molecule has 23 heavy (non-hydrogen) atoms. The van der Waals surface area contributed by atoms with Crippen LogP contribution in [0.3, 0.4) is 0 Å². The highest BCUT2D eigenvalue weighted by atomic mass is 32.1. The van der Waals surface area contributed by atoms with Gasteiger partial charge in [0.2, 0.25) is 0 Å². The van der Waals surface area contributed by atoms with Crippen molar-refractivity contribution in [2.75, 3.05) is 26.2 Å². The number of aryl methyl sites for hydroxylation is 1. The van der Waals surface area contributed by atoms with Gasteiger partial charge in [-0.3, -0.25) is 9.69 Å². The molecule has 0 radical (unpaired) electrons. The van der Waals surface area contributed by atoms with Crippen LogP contribution in [0.5, 0.6) is 0 Å². The van der Waals surface area contributed by atoms with E-state index in [9.17, 15) is 9.18 Å². The fourth-order valence-electron chi connectivity index (χ4n) is 2.89. The van der Waals surface area contributed by atoms with Gasteiger partial charge in [-0.1, -0.05) is 12.1 Å². The van der Waals surface area contributed by atoms with Crippen LogP contribution >= 0.6 is 11.3 Å². The molecule has 5 heteroatoms. The van der Waals surface area contributed by atoms with Gasteiger partial charge in [0.15, 0.2) is 0 Å². The van der Waals surface area contributed by atoms with E-state index in [0.717, 1.165) is 49.6 Å². The second-order valence-corrected chi connectivity index (χ2v) is 7.25. The molecule has 1 aromatic carbocycles. The quantitative estimate of drug-likeness (QED) is 0.858. The molecule has 1 aliphatic heterocycles. The van der Waals surface area contributed by atoms with Crippen molar-refractivity contribution in [3.05, 3.63) is 57.5 Å². The van der Waals surface area contributed by atoms with Gasteiger partial charge in [-0.05, 0) is 43.2 Å². The van der Waals surface area contributed by atoms with E-state index >= 15 is 0 Å². The Morgan fingerprint density at radius 3 is 2.57 bits per heavy atom. The summed E-state index contributed by atoms with van der Waals surface area (Å²) in [7, 11) is 0. The number of halogens is 1. The number of hydrogen-bond acceptors (Lipinski definition) is 3. The Morgan fingerprint density at radius 2 is 1.87 bits per heavy atom. The Balaban J connectivity index is 1.58. The standard InChI is InChI=1S/C18H21FN2OS/c1-14-3-8-17(23-14)18(22)21-10-2-9-20(11-12-21)13-15-4-6-16(19)7-5-15/h3-8H,2,9-13H2,1H3. The maximum Gasteiger partial charge on any atom is 0.263 e. The summed E-state index contributed by atoms with van der Waals surface area (Å²) in [4.78, 5) is 18.8. The van der Waals surface area contributed by atoms with Crippen LogP contribution in [-0.4, -0.2) is 41.9 Å². The summed E-state index contributed by atoms with van der Waals surface area (Å²) in [6, 6.07) is 10.6. The predicted octanol–water partition coefficient (Wildman–Crippen LogP) is 3.54. The topological polar surface area (TPSA) is 23.6 Å². The molecule has 0 saturated carbocycles. The van der Waals surface area contributed by atoms with E-state index in [2.05, 4.69) is 4.90 Å². The lowest BCUT2D eigenvalue weighted by atomic mass is 10.2. The van der Waals surface area contributed by atoms with E-state index in [0.29, 0.717) is 0 Å². The molecular weight excluding hydrogens is 311 g/mol. The van der Waals surface area contributed by atoms with Crippen molar-refractivity contribution in [1.29, 1.82) is 0 Å². The minimum Gasteiger partial charge on any atom is -0.337 e. The number of carbonyl (C=O) groups excluding carboxylic acids is 1. The summed E-state index contributed by atoms with van der Waals surface area (Å²) in [5.74, 6) is -0.0561. The number of hydrogen-bond donors (Lipinski definition) is 0. The fourth-order valence-corrected chi connectivity index (χ4v) is 3.72. The summed E-state index contributed by atoms with van der Waals surface area (Å²) in [6.07, 6.45) is 0.970. The summed E-state index contributed by atoms with van der Waals surface area (Å²) in [6.45, 7) is 6.19. The van der Waals surface area contributed by atoms with Gasteiger partial charge in [0.25, 0.3) is 5.91 Å². The summed E-state index contributed by atoms with van der Waals surface area (Å²) in [5.41, 5.74) is 1.11. The number of rotatable bonds is 3. The molecule has 3 rings (SSSR count). The Morgan fingerprint density at radius 1 is 1.09 bits per heavy atom. The largest absolute Gasteiger partial charge is 0.337 e. The zero-order valence-electron chi connectivity index (χ0n) is 13.3. The highest BCUT2D eigenvalue weighted by Gasteiger charge is 2.21. The van der Waals surface area contributed by atoms with E-state index < -0.39 is 0 Å². The number of amides is 1. The lowest BCUT2D eigenvalue weighted by molar-refractivity contribution is 0.0766. The zero-order chi connectivity index (χ0) is 16.2. The van der Waals surface area contributed by atoms with Crippen molar-refractivity contribution in [1.82, 2.24) is 9.80 Å². The number of carbonyl (C=O) groups is 1. The van der Waals surface area contributed by atoms with Crippen molar-refractivity contribution in [2.45, 2.75) is 19.9 Å². The molecule has 2 heterocycles. The average molecular weight is 332 g/mol. The number of nitrogens with zero attached hydrogens (tertiary/aromatic N) is 2. The molecule has 1 saturated heterocycles. The van der Waals surface area contributed by atoms with Crippen LogP contribution < -0.4 is 0 Å². The van der Waals surface area contributed by atoms with Crippen LogP contribution in [-0.2, 0) is 6.54 Å². The minimum atomic E-state index is -0.201. The van der Waals surface area contributed by atoms with Crippen LogP contribution in [0.25, 0.3) is 0 Å². The highest BCUT2D eigenvalue weighted by Crippen LogP contribution is 2.18. The van der Waals surface area contributed by atoms with Gasteiger partial charge in [0.1, 0.15) is 5.82 Å². The van der Waals surface area contributed by atoms with Crippen LogP contribution in [0, 0.1) is 12.7 Å².